The maximum absolute atomic E-state index is 13.4. The molecule has 0 fully saturated rings. The predicted octanol–water partition coefficient (Wildman–Crippen LogP) is 5.52. The van der Waals surface area contributed by atoms with Gasteiger partial charge in [0.15, 0.2) is 5.75 Å². The van der Waals surface area contributed by atoms with Crippen molar-refractivity contribution in [1.29, 1.82) is 0 Å². The normalized spacial score (nSPS) is 10.6. The average Bonchev–Trinajstić information content (AvgIpc) is 2.32. The maximum Gasteiger partial charge on any atom is 0.151 e. The summed E-state index contributed by atoms with van der Waals surface area (Å²) in [6.45, 7) is 0. The van der Waals surface area contributed by atoms with Gasteiger partial charge in [-0.05, 0) is 37.9 Å². The molecule has 0 saturated heterocycles. The third-order valence-electron chi connectivity index (χ3n) is 2.25. The minimum Gasteiger partial charge on any atom is -0.454 e. The molecule has 100 valence electrons. The van der Waals surface area contributed by atoms with Crippen molar-refractivity contribution < 1.29 is 13.5 Å². The fourth-order valence-corrected chi connectivity index (χ4v) is 2.38. The predicted molar refractivity (Wildman–Crippen MR) is 77.7 cm³/mol. The van der Waals surface area contributed by atoms with Crippen LogP contribution >= 0.6 is 43.5 Å². The summed E-state index contributed by atoms with van der Waals surface area (Å²) in [5.74, 6) is -0.742. The van der Waals surface area contributed by atoms with Gasteiger partial charge in [0, 0.05) is 18.2 Å². The van der Waals surface area contributed by atoms with E-state index < -0.39 is 11.6 Å². The summed E-state index contributed by atoms with van der Waals surface area (Å²) < 4.78 is 32.7. The van der Waals surface area contributed by atoms with Crippen LogP contribution in [0.4, 0.5) is 14.5 Å². The van der Waals surface area contributed by atoms with Crippen molar-refractivity contribution in [3.63, 3.8) is 0 Å². The summed E-state index contributed by atoms with van der Waals surface area (Å²) in [5.41, 5.74) is 5.74. The maximum atomic E-state index is 13.4. The Labute approximate surface area is 129 Å². The van der Waals surface area contributed by atoms with Gasteiger partial charge in [0.25, 0.3) is 0 Å². The molecule has 0 bridgehead atoms. The van der Waals surface area contributed by atoms with E-state index in [2.05, 4.69) is 31.9 Å². The Morgan fingerprint density at radius 2 is 1.63 bits per heavy atom. The molecule has 0 heterocycles. The third-order valence-corrected chi connectivity index (χ3v) is 3.76. The molecular weight excluding hydrogens is 407 g/mol. The van der Waals surface area contributed by atoms with E-state index in [-0.39, 0.29) is 26.7 Å². The zero-order valence-electron chi connectivity index (χ0n) is 9.18. The first-order valence-electron chi connectivity index (χ1n) is 4.95. The lowest BCUT2D eigenvalue weighted by atomic mass is 10.3. The second kappa shape index (κ2) is 5.64. The minimum atomic E-state index is -0.625. The van der Waals surface area contributed by atoms with E-state index in [9.17, 15) is 8.78 Å². The first-order chi connectivity index (χ1) is 8.88. The van der Waals surface area contributed by atoms with Crippen molar-refractivity contribution in [3.8, 4) is 11.5 Å². The first kappa shape index (κ1) is 14.6. The first-order valence-corrected chi connectivity index (χ1v) is 6.92. The van der Waals surface area contributed by atoms with Gasteiger partial charge < -0.3 is 10.5 Å². The molecule has 0 atom stereocenters. The van der Waals surface area contributed by atoms with Crippen LogP contribution in [-0.2, 0) is 0 Å². The summed E-state index contributed by atoms with van der Waals surface area (Å²) in [6.07, 6.45) is 0. The molecule has 7 heteroatoms. The van der Waals surface area contributed by atoms with Gasteiger partial charge in [-0.2, -0.15) is 0 Å². The highest BCUT2D eigenvalue weighted by atomic mass is 79.9. The molecule has 2 N–H and O–H groups in total. The highest BCUT2D eigenvalue weighted by Gasteiger charge is 2.12. The smallest absolute Gasteiger partial charge is 0.151 e. The van der Waals surface area contributed by atoms with Crippen LogP contribution in [0.2, 0.25) is 5.02 Å². The highest BCUT2D eigenvalue weighted by molar-refractivity contribution is 9.10. The number of ether oxygens (including phenoxy) is 1. The quantitative estimate of drug-likeness (QED) is 0.520. The van der Waals surface area contributed by atoms with Gasteiger partial charge in [-0.1, -0.05) is 11.6 Å². The molecule has 0 unspecified atom stereocenters. The third kappa shape index (κ3) is 3.19. The zero-order valence-corrected chi connectivity index (χ0v) is 13.1. The molecule has 2 aromatic carbocycles. The van der Waals surface area contributed by atoms with E-state index >= 15 is 0 Å². The molecule has 0 aliphatic heterocycles. The number of hydrogen-bond acceptors (Lipinski definition) is 2. The lowest BCUT2D eigenvalue weighted by Crippen LogP contribution is -1.95. The van der Waals surface area contributed by atoms with Gasteiger partial charge in [0.2, 0.25) is 0 Å². The summed E-state index contributed by atoms with van der Waals surface area (Å²) in [4.78, 5) is 0. The number of halogens is 5. The number of rotatable bonds is 2. The lowest BCUT2D eigenvalue weighted by Gasteiger charge is -2.11. The summed E-state index contributed by atoms with van der Waals surface area (Å²) in [7, 11) is 0. The Hall–Kier alpha value is -0.850. The van der Waals surface area contributed by atoms with Crippen LogP contribution in [0, 0.1) is 11.6 Å². The van der Waals surface area contributed by atoms with Crippen molar-refractivity contribution in [2.24, 2.45) is 0 Å². The Morgan fingerprint density at radius 1 is 0.947 bits per heavy atom. The Morgan fingerprint density at radius 3 is 2.32 bits per heavy atom. The van der Waals surface area contributed by atoms with E-state index in [0.717, 1.165) is 12.1 Å². The number of nitrogen functional groups attached to an aromatic ring is 1. The number of benzene rings is 2. The van der Waals surface area contributed by atoms with E-state index in [1.165, 1.54) is 12.1 Å². The van der Waals surface area contributed by atoms with Gasteiger partial charge in [-0.15, -0.1) is 0 Å². The summed E-state index contributed by atoms with van der Waals surface area (Å²) in [6, 6.07) is 4.95. The van der Waals surface area contributed by atoms with Gasteiger partial charge in [-0.3, -0.25) is 0 Å². The second-order valence-corrected chi connectivity index (χ2v) is 5.72. The highest BCUT2D eigenvalue weighted by Crippen LogP contribution is 2.37. The van der Waals surface area contributed by atoms with Gasteiger partial charge in [-0.25, -0.2) is 8.78 Å². The molecule has 19 heavy (non-hydrogen) atoms. The summed E-state index contributed by atoms with van der Waals surface area (Å²) in [5, 5.41) is -0.0347. The lowest BCUT2D eigenvalue weighted by molar-refractivity contribution is 0.473. The number of anilines is 1. The molecule has 2 rings (SSSR count). The van der Waals surface area contributed by atoms with Crippen molar-refractivity contribution in [3.05, 3.63) is 49.9 Å². The fraction of sp³-hybridized carbons (Fsp3) is 0. The average molecular weight is 413 g/mol. The van der Waals surface area contributed by atoms with Crippen LogP contribution in [0.5, 0.6) is 11.5 Å². The van der Waals surface area contributed by atoms with Crippen molar-refractivity contribution in [2.45, 2.75) is 0 Å². The van der Waals surface area contributed by atoms with Crippen molar-refractivity contribution >= 4 is 49.1 Å². The van der Waals surface area contributed by atoms with Crippen molar-refractivity contribution in [2.75, 3.05) is 5.73 Å². The topological polar surface area (TPSA) is 35.2 Å². The van der Waals surface area contributed by atoms with Gasteiger partial charge in [0.05, 0.1) is 19.7 Å². The fourth-order valence-electron chi connectivity index (χ4n) is 1.33. The molecular formula is C12H6Br2ClF2NO. The van der Waals surface area contributed by atoms with Gasteiger partial charge >= 0.3 is 0 Å². The molecule has 2 aromatic rings. The number of hydrogen-bond donors (Lipinski definition) is 1. The molecule has 0 aliphatic rings. The minimum absolute atomic E-state index is 0.0347. The van der Waals surface area contributed by atoms with Crippen LogP contribution in [0.3, 0.4) is 0 Å². The monoisotopic (exact) mass is 411 g/mol. The zero-order chi connectivity index (χ0) is 14.2. The molecule has 0 spiro atoms. The standard InChI is InChI=1S/C12H6Br2ClF2NO/c13-5-2-12(10(18)3-8(5)16)19-11-4-9(17)7(15)1-6(11)14/h1-4H,18H2. The van der Waals surface area contributed by atoms with Crippen molar-refractivity contribution in [1.82, 2.24) is 0 Å². The Kier molecular flexibility index (Phi) is 4.32. The molecule has 0 radical (unpaired) electrons. The summed E-state index contributed by atoms with van der Waals surface area (Å²) >= 11 is 11.8. The van der Waals surface area contributed by atoms with Crippen LogP contribution in [-0.4, -0.2) is 0 Å². The van der Waals surface area contributed by atoms with Crippen LogP contribution in [0.15, 0.2) is 33.2 Å². The van der Waals surface area contributed by atoms with E-state index in [1.54, 1.807) is 0 Å². The molecule has 0 aliphatic carbocycles. The van der Waals surface area contributed by atoms with Gasteiger partial charge in [0.1, 0.15) is 17.4 Å². The van der Waals surface area contributed by atoms with E-state index in [0.29, 0.717) is 4.47 Å². The Balaban J connectivity index is 2.42. The molecule has 2 nitrogen and oxygen atoms in total. The number of nitrogens with two attached hydrogens (primary N) is 1. The van der Waals surface area contributed by atoms with E-state index in [4.69, 9.17) is 22.1 Å². The Bertz CT molecular complexity index is 597. The van der Waals surface area contributed by atoms with Crippen LogP contribution < -0.4 is 10.5 Å². The van der Waals surface area contributed by atoms with E-state index in [1.807, 2.05) is 0 Å². The molecule has 0 amide bonds. The van der Waals surface area contributed by atoms with Crippen LogP contribution in [0.25, 0.3) is 0 Å². The molecule has 0 aromatic heterocycles. The largest absolute Gasteiger partial charge is 0.454 e. The van der Waals surface area contributed by atoms with Crippen LogP contribution in [0.1, 0.15) is 0 Å². The second-order valence-electron chi connectivity index (χ2n) is 3.60. The SMILES string of the molecule is Nc1cc(F)c(Br)cc1Oc1cc(F)c(Cl)cc1Br. The molecule has 0 saturated carbocycles.